The van der Waals surface area contributed by atoms with E-state index in [4.69, 9.17) is 0 Å². The van der Waals surface area contributed by atoms with Crippen molar-refractivity contribution in [2.45, 2.75) is 33.6 Å². The number of carbonyl (C=O) groups is 1. The van der Waals surface area contributed by atoms with Gasteiger partial charge >= 0.3 is 0 Å². The normalized spacial score (nSPS) is 22.7. The van der Waals surface area contributed by atoms with Crippen LogP contribution in [0.3, 0.4) is 0 Å². The number of Topliss-reactive ketones (excluding diaryl/α,β-unsaturated/α-hetero) is 1. The predicted octanol–water partition coefficient (Wildman–Crippen LogP) is 1.60. The highest BCUT2D eigenvalue weighted by atomic mass is 16.1. The molecular weight excluding hydrogens is 150 g/mol. The minimum absolute atomic E-state index is 0.0422. The highest BCUT2D eigenvalue weighted by molar-refractivity contribution is 5.86. The summed E-state index contributed by atoms with van der Waals surface area (Å²) in [6, 6.07) is 0. The van der Waals surface area contributed by atoms with Crippen molar-refractivity contribution in [3.63, 3.8) is 0 Å². The molecule has 1 aliphatic heterocycles. The maximum atomic E-state index is 11.8. The van der Waals surface area contributed by atoms with E-state index in [0.717, 1.165) is 25.9 Å². The van der Waals surface area contributed by atoms with E-state index >= 15 is 0 Å². The molecule has 0 unspecified atom stereocenters. The van der Waals surface area contributed by atoms with Crippen LogP contribution in [0, 0.1) is 11.3 Å². The molecule has 0 aliphatic carbocycles. The summed E-state index contributed by atoms with van der Waals surface area (Å²) in [5.41, 5.74) is -0.0422. The van der Waals surface area contributed by atoms with Crippen LogP contribution < -0.4 is 5.32 Å². The molecule has 0 atom stereocenters. The average Bonchev–Trinajstić information content (AvgIpc) is 2.04. The lowest BCUT2D eigenvalue weighted by atomic mass is 9.74. The summed E-state index contributed by atoms with van der Waals surface area (Å²) >= 11 is 0. The molecule has 1 heterocycles. The number of piperidine rings is 1. The number of hydrogen-bond donors (Lipinski definition) is 1. The van der Waals surface area contributed by atoms with Gasteiger partial charge in [-0.05, 0) is 25.9 Å². The molecule has 70 valence electrons. The highest BCUT2D eigenvalue weighted by Gasteiger charge is 2.35. The van der Waals surface area contributed by atoms with Gasteiger partial charge in [-0.1, -0.05) is 20.8 Å². The molecule has 0 saturated carbocycles. The first-order valence-corrected chi connectivity index (χ1v) is 4.81. The van der Waals surface area contributed by atoms with Crippen LogP contribution in [0.5, 0.6) is 0 Å². The second-order valence-corrected chi connectivity index (χ2v) is 4.33. The van der Waals surface area contributed by atoms with Crippen molar-refractivity contribution in [3.8, 4) is 0 Å². The summed E-state index contributed by atoms with van der Waals surface area (Å²) in [4.78, 5) is 11.8. The van der Waals surface area contributed by atoms with Crippen molar-refractivity contribution < 1.29 is 4.79 Å². The zero-order chi connectivity index (χ0) is 9.19. The third kappa shape index (κ3) is 1.86. The molecular formula is C10H19NO. The first-order chi connectivity index (χ1) is 5.56. The van der Waals surface area contributed by atoms with E-state index in [-0.39, 0.29) is 11.3 Å². The van der Waals surface area contributed by atoms with Gasteiger partial charge in [-0.15, -0.1) is 0 Å². The quantitative estimate of drug-likeness (QED) is 0.680. The fourth-order valence-electron chi connectivity index (χ4n) is 1.92. The van der Waals surface area contributed by atoms with Gasteiger partial charge in [0.25, 0.3) is 0 Å². The molecule has 1 rings (SSSR count). The second-order valence-electron chi connectivity index (χ2n) is 4.33. The van der Waals surface area contributed by atoms with Crippen molar-refractivity contribution in [2.24, 2.45) is 11.3 Å². The third-order valence-corrected chi connectivity index (χ3v) is 2.83. The number of rotatable bonds is 2. The Balaban J connectivity index is 2.62. The average molecular weight is 169 g/mol. The Bertz CT molecular complexity index is 169. The van der Waals surface area contributed by atoms with Gasteiger partial charge in [-0.25, -0.2) is 0 Å². The van der Waals surface area contributed by atoms with Crippen LogP contribution in [-0.4, -0.2) is 18.9 Å². The van der Waals surface area contributed by atoms with Gasteiger partial charge in [-0.3, -0.25) is 4.79 Å². The van der Waals surface area contributed by atoms with Crippen molar-refractivity contribution in [1.29, 1.82) is 0 Å². The maximum Gasteiger partial charge on any atom is 0.141 e. The van der Waals surface area contributed by atoms with E-state index in [2.05, 4.69) is 12.2 Å². The molecule has 0 amide bonds. The molecule has 0 aromatic heterocycles. The zero-order valence-electron chi connectivity index (χ0n) is 8.31. The third-order valence-electron chi connectivity index (χ3n) is 2.83. The SMILES string of the molecule is CC(C)C(=O)C1(C)CCNCC1. The van der Waals surface area contributed by atoms with Crippen LogP contribution in [0.4, 0.5) is 0 Å². The highest BCUT2D eigenvalue weighted by Crippen LogP contribution is 2.31. The van der Waals surface area contributed by atoms with Gasteiger partial charge in [0.05, 0.1) is 0 Å². The smallest absolute Gasteiger partial charge is 0.141 e. The summed E-state index contributed by atoms with van der Waals surface area (Å²) in [5, 5.41) is 3.28. The molecule has 2 nitrogen and oxygen atoms in total. The molecule has 0 aromatic carbocycles. The van der Waals surface area contributed by atoms with E-state index < -0.39 is 0 Å². The van der Waals surface area contributed by atoms with Gasteiger partial charge in [-0.2, -0.15) is 0 Å². The van der Waals surface area contributed by atoms with Crippen LogP contribution in [-0.2, 0) is 4.79 Å². The summed E-state index contributed by atoms with van der Waals surface area (Å²) in [6.07, 6.45) is 2.01. The van der Waals surface area contributed by atoms with E-state index in [1.54, 1.807) is 0 Å². The van der Waals surface area contributed by atoms with E-state index in [0.29, 0.717) is 5.78 Å². The van der Waals surface area contributed by atoms with Gasteiger partial charge < -0.3 is 5.32 Å². The topological polar surface area (TPSA) is 29.1 Å². The fourth-order valence-corrected chi connectivity index (χ4v) is 1.92. The van der Waals surface area contributed by atoms with Crippen LogP contribution in [0.2, 0.25) is 0 Å². The lowest BCUT2D eigenvalue weighted by Gasteiger charge is -2.33. The first-order valence-electron chi connectivity index (χ1n) is 4.81. The molecule has 1 saturated heterocycles. The van der Waals surface area contributed by atoms with Crippen molar-refractivity contribution in [3.05, 3.63) is 0 Å². The van der Waals surface area contributed by atoms with E-state index in [1.165, 1.54) is 0 Å². The molecule has 0 bridgehead atoms. The van der Waals surface area contributed by atoms with E-state index in [1.807, 2.05) is 13.8 Å². The Hall–Kier alpha value is -0.370. The fraction of sp³-hybridized carbons (Fsp3) is 0.900. The maximum absolute atomic E-state index is 11.8. The van der Waals surface area contributed by atoms with Crippen LogP contribution >= 0.6 is 0 Å². The van der Waals surface area contributed by atoms with Crippen LogP contribution in [0.1, 0.15) is 33.6 Å². The number of carbonyl (C=O) groups excluding carboxylic acids is 1. The molecule has 2 heteroatoms. The molecule has 1 fully saturated rings. The van der Waals surface area contributed by atoms with Gasteiger partial charge in [0.15, 0.2) is 0 Å². The Morgan fingerprint density at radius 2 is 1.83 bits per heavy atom. The summed E-state index contributed by atoms with van der Waals surface area (Å²) in [7, 11) is 0. The lowest BCUT2D eigenvalue weighted by Crippen LogP contribution is -2.41. The first kappa shape index (κ1) is 9.72. The Kier molecular flexibility index (Phi) is 2.89. The lowest BCUT2D eigenvalue weighted by molar-refractivity contribution is -0.132. The largest absolute Gasteiger partial charge is 0.317 e. The van der Waals surface area contributed by atoms with Gasteiger partial charge in [0.2, 0.25) is 0 Å². The predicted molar refractivity (Wildman–Crippen MR) is 50.1 cm³/mol. The van der Waals surface area contributed by atoms with E-state index in [9.17, 15) is 4.79 Å². The van der Waals surface area contributed by atoms with Crippen molar-refractivity contribution >= 4 is 5.78 Å². The Morgan fingerprint density at radius 1 is 1.33 bits per heavy atom. The molecule has 1 aliphatic rings. The Labute approximate surface area is 74.7 Å². The molecule has 0 aromatic rings. The summed E-state index contributed by atoms with van der Waals surface area (Å²) in [5.74, 6) is 0.622. The van der Waals surface area contributed by atoms with Gasteiger partial charge in [0.1, 0.15) is 5.78 Å². The van der Waals surface area contributed by atoms with Crippen molar-refractivity contribution in [2.75, 3.05) is 13.1 Å². The van der Waals surface area contributed by atoms with Crippen molar-refractivity contribution in [1.82, 2.24) is 5.32 Å². The Morgan fingerprint density at radius 3 is 2.25 bits per heavy atom. The van der Waals surface area contributed by atoms with Gasteiger partial charge in [0, 0.05) is 11.3 Å². The monoisotopic (exact) mass is 169 g/mol. The molecule has 0 radical (unpaired) electrons. The standard InChI is InChI=1S/C10H19NO/c1-8(2)9(12)10(3)4-6-11-7-5-10/h8,11H,4-7H2,1-3H3. The second kappa shape index (κ2) is 3.56. The molecule has 1 N–H and O–H groups in total. The minimum Gasteiger partial charge on any atom is -0.317 e. The molecule has 12 heavy (non-hydrogen) atoms. The van der Waals surface area contributed by atoms with Crippen LogP contribution in [0.15, 0.2) is 0 Å². The molecule has 0 spiro atoms. The van der Waals surface area contributed by atoms with Crippen LogP contribution in [0.25, 0.3) is 0 Å². The number of hydrogen-bond acceptors (Lipinski definition) is 2. The number of ketones is 1. The zero-order valence-corrected chi connectivity index (χ0v) is 8.31. The summed E-state index contributed by atoms with van der Waals surface area (Å²) in [6.45, 7) is 8.09. The minimum atomic E-state index is -0.0422. The summed E-state index contributed by atoms with van der Waals surface area (Å²) < 4.78 is 0. The number of nitrogens with one attached hydrogen (secondary N) is 1.